The second-order valence-electron chi connectivity index (χ2n) is 5.94. The zero-order valence-electron chi connectivity index (χ0n) is 13.4. The molecule has 1 aliphatic rings. The summed E-state index contributed by atoms with van der Waals surface area (Å²) < 4.78 is 0. The molecular weight excluding hydrogens is 322 g/mol. The van der Waals surface area contributed by atoms with Crippen molar-refractivity contribution in [2.45, 2.75) is 19.0 Å². The van der Waals surface area contributed by atoms with Gasteiger partial charge in [-0.05, 0) is 11.6 Å². The summed E-state index contributed by atoms with van der Waals surface area (Å²) in [6.45, 7) is 0.928. The molecule has 3 rings (SSSR count). The number of amides is 2. The average Bonchev–Trinajstić information content (AvgIpc) is 2.95. The number of hydrogen-bond donors (Lipinski definition) is 1. The third kappa shape index (κ3) is 4.00. The molecule has 1 atom stereocenters. The number of non-ortho nitro benzene ring substituents is 1. The molecule has 1 fully saturated rings. The number of likely N-dealkylation sites (tertiary alicyclic amines) is 1. The minimum atomic E-state index is -0.544. The van der Waals surface area contributed by atoms with E-state index in [2.05, 4.69) is 5.32 Å². The first-order valence-corrected chi connectivity index (χ1v) is 7.90. The van der Waals surface area contributed by atoms with Gasteiger partial charge in [0.05, 0.1) is 11.0 Å². The van der Waals surface area contributed by atoms with Crippen molar-refractivity contribution in [3.63, 3.8) is 0 Å². The molecule has 128 valence electrons. The smallest absolute Gasteiger partial charge is 0.270 e. The summed E-state index contributed by atoms with van der Waals surface area (Å²) >= 11 is 0. The topological polar surface area (TPSA) is 92.6 Å². The standard InChI is InChI=1S/C18H17N3O4/c22-17-10-15(12-20(17)11-13-5-2-1-3-6-13)19-18(23)14-7-4-8-16(9-14)21(24)25/h1-9,15H,10-12H2,(H,19,23)/t15-/m0/s1. The summed E-state index contributed by atoms with van der Waals surface area (Å²) in [6, 6.07) is 14.9. The molecule has 0 radical (unpaired) electrons. The Morgan fingerprint density at radius 1 is 1.20 bits per heavy atom. The fourth-order valence-corrected chi connectivity index (χ4v) is 2.85. The van der Waals surface area contributed by atoms with Crippen LogP contribution in [0.25, 0.3) is 0 Å². The third-order valence-corrected chi connectivity index (χ3v) is 4.09. The lowest BCUT2D eigenvalue weighted by molar-refractivity contribution is -0.384. The van der Waals surface area contributed by atoms with Crippen molar-refractivity contribution < 1.29 is 14.5 Å². The number of nitrogens with zero attached hydrogens (tertiary/aromatic N) is 2. The summed E-state index contributed by atoms with van der Waals surface area (Å²) in [5.74, 6) is -0.434. The Kier molecular flexibility index (Phi) is 4.74. The second kappa shape index (κ2) is 7.12. The van der Waals surface area contributed by atoms with Crippen LogP contribution in [-0.2, 0) is 11.3 Å². The molecule has 2 amide bonds. The number of rotatable bonds is 5. The fourth-order valence-electron chi connectivity index (χ4n) is 2.85. The molecule has 0 aliphatic carbocycles. The molecule has 1 N–H and O–H groups in total. The lowest BCUT2D eigenvalue weighted by Gasteiger charge is -2.17. The monoisotopic (exact) mass is 339 g/mol. The summed E-state index contributed by atoms with van der Waals surface area (Å²) in [6.07, 6.45) is 0.230. The van der Waals surface area contributed by atoms with Gasteiger partial charge < -0.3 is 10.2 Å². The molecule has 0 saturated carbocycles. The Balaban J connectivity index is 1.62. The first-order chi connectivity index (χ1) is 12.0. The van der Waals surface area contributed by atoms with E-state index in [1.54, 1.807) is 4.90 Å². The van der Waals surface area contributed by atoms with Crippen molar-refractivity contribution in [1.29, 1.82) is 0 Å². The highest BCUT2D eigenvalue weighted by atomic mass is 16.6. The predicted octanol–water partition coefficient (Wildman–Crippen LogP) is 2.13. The third-order valence-electron chi connectivity index (χ3n) is 4.09. The van der Waals surface area contributed by atoms with Gasteiger partial charge in [-0.1, -0.05) is 36.4 Å². The Hall–Kier alpha value is -3.22. The molecule has 0 spiro atoms. The second-order valence-corrected chi connectivity index (χ2v) is 5.94. The van der Waals surface area contributed by atoms with Gasteiger partial charge >= 0.3 is 0 Å². The minimum Gasteiger partial charge on any atom is -0.347 e. The highest BCUT2D eigenvalue weighted by Gasteiger charge is 2.30. The van der Waals surface area contributed by atoms with Crippen LogP contribution in [0.3, 0.4) is 0 Å². The summed E-state index contributed by atoms with van der Waals surface area (Å²) in [4.78, 5) is 36.4. The molecule has 2 aromatic rings. The van der Waals surface area contributed by atoms with Gasteiger partial charge in [0.15, 0.2) is 0 Å². The van der Waals surface area contributed by atoms with E-state index in [1.165, 1.54) is 24.3 Å². The first kappa shape index (κ1) is 16.6. The van der Waals surface area contributed by atoms with Crippen molar-refractivity contribution in [2.75, 3.05) is 6.54 Å². The number of nitrogens with one attached hydrogen (secondary N) is 1. The highest BCUT2D eigenvalue weighted by Crippen LogP contribution is 2.17. The van der Waals surface area contributed by atoms with Gasteiger partial charge in [-0.15, -0.1) is 0 Å². The maximum absolute atomic E-state index is 12.3. The van der Waals surface area contributed by atoms with Crippen LogP contribution >= 0.6 is 0 Å². The highest BCUT2D eigenvalue weighted by molar-refractivity contribution is 5.95. The van der Waals surface area contributed by atoms with E-state index in [0.29, 0.717) is 13.1 Å². The van der Waals surface area contributed by atoms with Crippen LogP contribution in [0.2, 0.25) is 0 Å². The first-order valence-electron chi connectivity index (χ1n) is 7.90. The molecule has 0 unspecified atom stereocenters. The predicted molar refractivity (Wildman–Crippen MR) is 90.8 cm³/mol. The number of carbonyl (C=O) groups excluding carboxylic acids is 2. The number of benzene rings is 2. The van der Waals surface area contributed by atoms with Gasteiger partial charge in [-0.2, -0.15) is 0 Å². The Morgan fingerprint density at radius 3 is 2.68 bits per heavy atom. The van der Waals surface area contributed by atoms with Crippen molar-refractivity contribution in [3.05, 3.63) is 75.8 Å². The lowest BCUT2D eigenvalue weighted by atomic mass is 10.1. The van der Waals surface area contributed by atoms with Crippen molar-refractivity contribution in [3.8, 4) is 0 Å². The van der Waals surface area contributed by atoms with Crippen LogP contribution < -0.4 is 5.32 Å². The molecule has 2 aromatic carbocycles. The van der Waals surface area contributed by atoms with Crippen molar-refractivity contribution >= 4 is 17.5 Å². The quantitative estimate of drug-likeness (QED) is 0.667. The van der Waals surface area contributed by atoms with Gasteiger partial charge in [0.2, 0.25) is 5.91 Å². The van der Waals surface area contributed by atoms with Crippen LogP contribution in [-0.4, -0.2) is 34.2 Å². The minimum absolute atomic E-state index is 0.0202. The van der Waals surface area contributed by atoms with E-state index in [0.717, 1.165) is 5.56 Å². The molecule has 7 heteroatoms. The van der Waals surface area contributed by atoms with Crippen LogP contribution in [0.15, 0.2) is 54.6 Å². The molecule has 1 saturated heterocycles. The number of carbonyl (C=O) groups is 2. The number of nitro benzene ring substituents is 1. The maximum Gasteiger partial charge on any atom is 0.270 e. The van der Waals surface area contributed by atoms with Crippen molar-refractivity contribution in [1.82, 2.24) is 10.2 Å². The van der Waals surface area contributed by atoms with Gasteiger partial charge in [-0.3, -0.25) is 19.7 Å². The lowest BCUT2D eigenvalue weighted by Crippen LogP contribution is -2.37. The molecular formula is C18H17N3O4. The summed E-state index contributed by atoms with van der Waals surface area (Å²) in [5.41, 5.74) is 1.10. The Morgan fingerprint density at radius 2 is 1.96 bits per heavy atom. The zero-order valence-corrected chi connectivity index (χ0v) is 13.4. The Bertz CT molecular complexity index is 807. The Labute approximate surface area is 144 Å². The average molecular weight is 339 g/mol. The van der Waals surface area contributed by atoms with Gasteiger partial charge in [-0.25, -0.2) is 0 Å². The van der Waals surface area contributed by atoms with Crippen LogP contribution in [0, 0.1) is 10.1 Å². The van der Waals surface area contributed by atoms with Crippen LogP contribution in [0.1, 0.15) is 22.3 Å². The summed E-state index contributed by atoms with van der Waals surface area (Å²) in [7, 11) is 0. The van der Waals surface area contributed by atoms with E-state index in [9.17, 15) is 19.7 Å². The van der Waals surface area contributed by atoms with Gasteiger partial charge in [0, 0.05) is 37.2 Å². The van der Waals surface area contributed by atoms with E-state index >= 15 is 0 Å². The molecule has 0 bridgehead atoms. The zero-order chi connectivity index (χ0) is 17.8. The summed E-state index contributed by atoms with van der Waals surface area (Å²) in [5, 5.41) is 13.6. The van der Waals surface area contributed by atoms with Crippen LogP contribution in [0.4, 0.5) is 5.69 Å². The molecule has 7 nitrogen and oxygen atoms in total. The number of hydrogen-bond acceptors (Lipinski definition) is 4. The van der Waals surface area contributed by atoms with Gasteiger partial charge in [0.25, 0.3) is 11.6 Å². The number of nitro groups is 1. The molecule has 1 aliphatic heterocycles. The fraction of sp³-hybridized carbons (Fsp3) is 0.222. The largest absolute Gasteiger partial charge is 0.347 e. The normalized spacial score (nSPS) is 16.7. The van der Waals surface area contributed by atoms with E-state index in [4.69, 9.17) is 0 Å². The van der Waals surface area contributed by atoms with Crippen molar-refractivity contribution in [2.24, 2.45) is 0 Å². The molecule has 1 heterocycles. The van der Waals surface area contributed by atoms with E-state index < -0.39 is 10.8 Å². The molecule has 25 heavy (non-hydrogen) atoms. The van der Waals surface area contributed by atoms with Gasteiger partial charge in [0.1, 0.15) is 0 Å². The SMILES string of the molecule is O=C(N[C@H]1CC(=O)N(Cc2ccccc2)C1)c1cccc([N+](=O)[O-])c1. The maximum atomic E-state index is 12.3. The van der Waals surface area contributed by atoms with Crippen LogP contribution in [0.5, 0.6) is 0 Å². The van der Waals surface area contributed by atoms with E-state index in [1.807, 2.05) is 30.3 Å². The van der Waals surface area contributed by atoms with E-state index in [-0.39, 0.29) is 29.6 Å². The molecule has 0 aromatic heterocycles.